The maximum Gasteiger partial charge on any atom is 0.0586 e. The highest BCUT2D eigenvalue weighted by Gasteiger charge is 1.90. The molecule has 1 heterocycles. The Morgan fingerprint density at radius 1 is 1.30 bits per heavy atom. The number of hydrogen-bond acceptors (Lipinski definition) is 2. The molecule has 0 bridgehead atoms. The van der Waals surface area contributed by atoms with Crippen molar-refractivity contribution in [2.24, 2.45) is 0 Å². The molecule has 0 saturated carbocycles. The van der Waals surface area contributed by atoms with Gasteiger partial charge in [-0.2, -0.15) is 0 Å². The summed E-state index contributed by atoms with van der Waals surface area (Å²) in [6.07, 6.45) is 5.83. The van der Waals surface area contributed by atoms with Crippen LogP contribution in [0.5, 0.6) is 0 Å². The van der Waals surface area contributed by atoms with Crippen LogP contribution in [0.15, 0.2) is 12.4 Å². The van der Waals surface area contributed by atoms with E-state index >= 15 is 0 Å². The van der Waals surface area contributed by atoms with E-state index in [1.165, 1.54) is 0 Å². The second kappa shape index (κ2) is 3.30. The highest BCUT2D eigenvalue weighted by atomic mass is 14.8. The fraction of sp³-hybridized carbons (Fsp3) is 0.500. The summed E-state index contributed by atoms with van der Waals surface area (Å²) in [5.74, 6) is 0. The minimum absolute atomic E-state index is 0.986. The average Bonchev–Trinajstić information content (AvgIpc) is 1.95. The topological polar surface area (TPSA) is 25.8 Å². The van der Waals surface area contributed by atoms with E-state index in [0.29, 0.717) is 0 Å². The molecule has 1 rings (SSSR count). The van der Waals surface area contributed by atoms with Gasteiger partial charge in [0.2, 0.25) is 0 Å². The van der Waals surface area contributed by atoms with Gasteiger partial charge in [0, 0.05) is 12.4 Å². The largest absolute Gasteiger partial charge is 0.258 e. The van der Waals surface area contributed by atoms with Crippen LogP contribution in [-0.2, 0) is 6.42 Å². The van der Waals surface area contributed by atoms with Crippen molar-refractivity contribution in [3.05, 3.63) is 23.8 Å². The molecule has 10 heavy (non-hydrogen) atoms. The fourth-order valence-corrected chi connectivity index (χ4v) is 0.805. The van der Waals surface area contributed by atoms with Gasteiger partial charge in [0.25, 0.3) is 0 Å². The number of nitrogens with zero attached hydrogens (tertiary/aromatic N) is 2. The Labute approximate surface area is 61.3 Å². The van der Waals surface area contributed by atoms with Crippen LogP contribution < -0.4 is 0 Å². The van der Waals surface area contributed by atoms with Crippen molar-refractivity contribution in [2.75, 3.05) is 0 Å². The first-order valence-electron chi connectivity index (χ1n) is 3.60. The summed E-state index contributed by atoms with van der Waals surface area (Å²) in [6.45, 7) is 4.09. The Morgan fingerprint density at radius 2 is 2.10 bits per heavy atom. The van der Waals surface area contributed by atoms with Gasteiger partial charge in [0.1, 0.15) is 0 Å². The number of hydrogen-bond donors (Lipinski definition) is 0. The van der Waals surface area contributed by atoms with E-state index in [0.717, 1.165) is 24.2 Å². The summed E-state index contributed by atoms with van der Waals surface area (Å²) in [5.41, 5.74) is 2.08. The predicted molar refractivity (Wildman–Crippen MR) is 40.8 cm³/mol. The summed E-state index contributed by atoms with van der Waals surface area (Å²) in [7, 11) is 0. The minimum Gasteiger partial charge on any atom is -0.258 e. The Hall–Kier alpha value is -0.920. The normalized spacial score (nSPS) is 9.80. The molecule has 2 nitrogen and oxygen atoms in total. The van der Waals surface area contributed by atoms with Crippen LogP contribution in [0, 0.1) is 6.92 Å². The zero-order valence-electron chi connectivity index (χ0n) is 6.46. The van der Waals surface area contributed by atoms with Gasteiger partial charge in [-0.05, 0) is 13.3 Å². The molecule has 0 aliphatic rings. The first-order chi connectivity index (χ1) is 4.83. The Bertz CT molecular complexity index is 191. The van der Waals surface area contributed by atoms with Gasteiger partial charge in [-0.25, -0.2) is 0 Å². The maximum absolute atomic E-state index is 4.21. The van der Waals surface area contributed by atoms with Gasteiger partial charge in [0.05, 0.1) is 11.4 Å². The molecule has 0 unspecified atom stereocenters. The van der Waals surface area contributed by atoms with Gasteiger partial charge in [0.15, 0.2) is 0 Å². The van der Waals surface area contributed by atoms with Crippen LogP contribution in [0.4, 0.5) is 0 Å². The molecule has 2 heteroatoms. The molecule has 0 N–H and O–H groups in total. The monoisotopic (exact) mass is 136 g/mol. The zero-order chi connectivity index (χ0) is 7.40. The van der Waals surface area contributed by atoms with Gasteiger partial charge >= 0.3 is 0 Å². The fourth-order valence-electron chi connectivity index (χ4n) is 0.805. The van der Waals surface area contributed by atoms with Gasteiger partial charge in [-0.15, -0.1) is 0 Å². The highest BCUT2D eigenvalue weighted by molar-refractivity contribution is 5.00. The minimum atomic E-state index is 0.986. The average molecular weight is 136 g/mol. The summed E-state index contributed by atoms with van der Waals surface area (Å²) < 4.78 is 0. The van der Waals surface area contributed by atoms with Crippen molar-refractivity contribution in [2.45, 2.75) is 26.7 Å². The molecular weight excluding hydrogens is 124 g/mol. The molecule has 0 aromatic carbocycles. The van der Waals surface area contributed by atoms with E-state index in [-0.39, 0.29) is 0 Å². The SMILES string of the molecule is CCCc1cnc(C)cn1. The molecule has 1 aromatic heterocycles. The van der Waals surface area contributed by atoms with E-state index < -0.39 is 0 Å². The second-order valence-electron chi connectivity index (χ2n) is 2.40. The van der Waals surface area contributed by atoms with Crippen molar-refractivity contribution in [1.82, 2.24) is 9.97 Å². The van der Waals surface area contributed by atoms with Crippen LogP contribution in [0.25, 0.3) is 0 Å². The van der Waals surface area contributed by atoms with Crippen molar-refractivity contribution < 1.29 is 0 Å². The Kier molecular flexibility index (Phi) is 2.37. The smallest absolute Gasteiger partial charge is 0.0586 e. The molecule has 0 aliphatic carbocycles. The van der Waals surface area contributed by atoms with E-state index in [1.54, 1.807) is 0 Å². The molecule has 0 aliphatic heterocycles. The van der Waals surface area contributed by atoms with Crippen LogP contribution in [0.2, 0.25) is 0 Å². The standard InChI is InChI=1S/C8H12N2/c1-3-4-8-6-9-7(2)5-10-8/h5-6H,3-4H2,1-2H3. The number of aromatic nitrogens is 2. The molecule has 0 amide bonds. The van der Waals surface area contributed by atoms with Crippen LogP contribution in [-0.4, -0.2) is 9.97 Å². The first-order valence-corrected chi connectivity index (χ1v) is 3.60. The van der Waals surface area contributed by atoms with Crippen molar-refractivity contribution in [3.63, 3.8) is 0 Å². The Morgan fingerprint density at radius 3 is 2.60 bits per heavy atom. The van der Waals surface area contributed by atoms with Crippen molar-refractivity contribution in [3.8, 4) is 0 Å². The van der Waals surface area contributed by atoms with Gasteiger partial charge in [-0.3, -0.25) is 9.97 Å². The van der Waals surface area contributed by atoms with Crippen molar-refractivity contribution in [1.29, 1.82) is 0 Å². The zero-order valence-corrected chi connectivity index (χ0v) is 6.46. The predicted octanol–water partition coefficient (Wildman–Crippen LogP) is 1.74. The summed E-state index contributed by atoms with van der Waals surface area (Å²) in [4.78, 5) is 8.34. The third-order valence-corrected chi connectivity index (χ3v) is 1.34. The summed E-state index contributed by atoms with van der Waals surface area (Å²) in [6, 6.07) is 0. The first kappa shape index (κ1) is 7.19. The van der Waals surface area contributed by atoms with Gasteiger partial charge in [-0.1, -0.05) is 13.3 Å². The van der Waals surface area contributed by atoms with E-state index in [9.17, 15) is 0 Å². The molecule has 0 radical (unpaired) electrons. The third-order valence-electron chi connectivity index (χ3n) is 1.34. The molecule has 1 aromatic rings. The lowest BCUT2D eigenvalue weighted by Gasteiger charge is -1.95. The van der Waals surface area contributed by atoms with Crippen LogP contribution in [0.3, 0.4) is 0 Å². The quantitative estimate of drug-likeness (QED) is 0.618. The van der Waals surface area contributed by atoms with Crippen LogP contribution >= 0.6 is 0 Å². The highest BCUT2D eigenvalue weighted by Crippen LogP contribution is 1.96. The lowest BCUT2D eigenvalue weighted by atomic mass is 10.3. The Balaban J connectivity index is 2.69. The van der Waals surface area contributed by atoms with E-state index in [2.05, 4.69) is 16.9 Å². The second-order valence-corrected chi connectivity index (χ2v) is 2.40. The van der Waals surface area contributed by atoms with Gasteiger partial charge < -0.3 is 0 Å². The van der Waals surface area contributed by atoms with E-state index in [1.807, 2.05) is 19.3 Å². The molecule has 0 saturated heterocycles. The molecule has 0 atom stereocenters. The molecular formula is C8H12N2. The van der Waals surface area contributed by atoms with E-state index in [4.69, 9.17) is 0 Å². The number of rotatable bonds is 2. The lowest BCUT2D eigenvalue weighted by Crippen LogP contribution is -1.91. The molecule has 0 spiro atoms. The number of aryl methyl sites for hydroxylation is 2. The van der Waals surface area contributed by atoms with Crippen LogP contribution in [0.1, 0.15) is 24.7 Å². The lowest BCUT2D eigenvalue weighted by molar-refractivity contribution is 0.864. The van der Waals surface area contributed by atoms with Crippen molar-refractivity contribution >= 4 is 0 Å². The third kappa shape index (κ3) is 1.79. The molecule has 0 fully saturated rings. The summed E-state index contributed by atoms with van der Waals surface area (Å²) in [5, 5.41) is 0. The maximum atomic E-state index is 4.21. The molecule has 54 valence electrons. The summed E-state index contributed by atoms with van der Waals surface area (Å²) >= 11 is 0.